The lowest BCUT2D eigenvalue weighted by Crippen LogP contribution is -2.44. The smallest absolute Gasteiger partial charge is 0.00795 e. The molecule has 0 bridgehead atoms. The van der Waals surface area contributed by atoms with Crippen molar-refractivity contribution < 1.29 is 0 Å². The molecule has 18 heavy (non-hydrogen) atoms. The van der Waals surface area contributed by atoms with Crippen molar-refractivity contribution in [1.29, 1.82) is 0 Å². The first kappa shape index (κ1) is 16.0. The van der Waals surface area contributed by atoms with Gasteiger partial charge in [-0.1, -0.05) is 34.1 Å². The zero-order valence-electron chi connectivity index (χ0n) is 13.2. The summed E-state index contributed by atoms with van der Waals surface area (Å²) in [6.45, 7) is 11.8. The maximum absolute atomic E-state index is 6.33. The van der Waals surface area contributed by atoms with Crippen LogP contribution in [0.2, 0.25) is 0 Å². The van der Waals surface area contributed by atoms with Gasteiger partial charge in [0.1, 0.15) is 0 Å². The molecule has 1 aliphatic rings. The largest absolute Gasteiger partial charge is 0.327 e. The first-order chi connectivity index (χ1) is 8.34. The first-order valence-electron chi connectivity index (χ1n) is 7.78. The summed E-state index contributed by atoms with van der Waals surface area (Å²) in [6.07, 6.45) is 6.45. The van der Waals surface area contributed by atoms with Crippen molar-refractivity contribution in [3.05, 3.63) is 0 Å². The molecule has 0 radical (unpaired) electrons. The van der Waals surface area contributed by atoms with Crippen LogP contribution in [0, 0.1) is 17.3 Å². The summed E-state index contributed by atoms with van der Waals surface area (Å²) < 4.78 is 0. The summed E-state index contributed by atoms with van der Waals surface area (Å²) in [7, 11) is 2.25. The zero-order chi connectivity index (χ0) is 13.8. The first-order valence-corrected chi connectivity index (χ1v) is 7.78. The van der Waals surface area contributed by atoms with E-state index in [2.05, 4.69) is 39.6 Å². The average Bonchev–Trinajstić information content (AvgIpc) is 2.28. The minimum atomic E-state index is 0.424. The molecule has 3 atom stereocenters. The Morgan fingerprint density at radius 3 is 2.44 bits per heavy atom. The van der Waals surface area contributed by atoms with E-state index in [0.717, 1.165) is 5.92 Å². The third-order valence-corrected chi connectivity index (χ3v) is 4.71. The molecule has 0 aromatic heterocycles. The number of hydrogen-bond acceptors (Lipinski definition) is 2. The van der Waals surface area contributed by atoms with Crippen molar-refractivity contribution in [2.45, 2.75) is 65.8 Å². The summed E-state index contributed by atoms with van der Waals surface area (Å²) in [4.78, 5) is 2.49. The predicted molar refractivity (Wildman–Crippen MR) is 80.7 cm³/mol. The van der Waals surface area contributed by atoms with Gasteiger partial charge in [-0.2, -0.15) is 0 Å². The molecule has 2 N–H and O–H groups in total. The maximum Gasteiger partial charge on any atom is 0.00795 e. The number of hydrogen-bond donors (Lipinski definition) is 1. The van der Waals surface area contributed by atoms with E-state index < -0.39 is 0 Å². The minimum absolute atomic E-state index is 0.424. The molecule has 0 amide bonds. The second kappa shape index (κ2) is 6.91. The molecule has 0 heterocycles. The van der Waals surface area contributed by atoms with Crippen LogP contribution in [-0.4, -0.2) is 31.1 Å². The van der Waals surface area contributed by atoms with Crippen LogP contribution in [0.1, 0.15) is 59.8 Å². The SMILES string of the molecule is CCCCN(C)CC1CC(C(C)(C)C)CCC1N. The van der Waals surface area contributed by atoms with Crippen LogP contribution in [0.3, 0.4) is 0 Å². The summed E-state index contributed by atoms with van der Waals surface area (Å²) in [6, 6.07) is 0.424. The molecule has 3 unspecified atom stereocenters. The van der Waals surface area contributed by atoms with Gasteiger partial charge in [-0.05, 0) is 56.5 Å². The van der Waals surface area contributed by atoms with Crippen LogP contribution in [0.15, 0.2) is 0 Å². The van der Waals surface area contributed by atoms with Crippen molar-refractivity contribution in [2.75, 3.05) is 20.1 Å². The molecule has 1 fully saturated rings. The van der Waals surface area contributed by atoms with Crippen LogP contribution in [-0.2, 0) is 0 Å². The van der Waals surface area contributed by atoms with Crippen molar-refractivity contribution in [1.82, 2.24) is 4.90 Å². The van der Waals surface area contributed by atoms with Crippen molar-refractivity contribution in [3.63, 3.8) is 0 Å². The summed E-state index contributed by atoms with van der Waals surface area (Å²) in [5.74, 6) is 1.55. The molecular weight excluding hydrogens is 220 g/mol. The van der Waals surface area contributed by atoms with Crippen LogP contribution in [0.25, 0.3) is 0 Å². The average molecular weight is 254 g/mol. The van der Waals surface area contributed by atoms with E-state index in [1.807, 2.05) is 0 Å². The molecule has 2 heteroatoms. The summed E-state index contributed by atoms with van der Waals surface area (Å²) in [5, 5.41) is 0. The van der Waals surface area contributed by atoms with E-state index in [1.54, 1.807) is 0 Å². The molecule has 1 aliphatic carbocycles. The van der Waals surface area contributed by atoms with Gasteiger partial charge in [0.2, 0.25) is 0 Å². The Bertz CT molecular complexity index is 232. The molecular formula is C16H34N2. The predicted octanol–water partition coefficient (Wildman–Crippen LogP) is 3.51. The Hall–Kier alpha value is -0.0800. The molecule has 0 aliphatic heterocycles. The second-order valence-electron chi connectivity index (χ2n) is 7.42. The number of nitrogens with two attached hydrogens (primary N) is 1. The normalized spacial score (nSPS) is 29.8. The van der Waals surface area contributed by atoms with Crippen LogP contribution in [0.5, 0.6) is 0 Å². The van der Waals surface area contributed by atoms with Crippen LogP contribution in [0.4, 0.5) is 0 Å². The van der Waals surface area contributed by atoms with E-state index in [4.69, 9.17) is 5.73 Å². The lowest BCUT2D eigenvalue weighted by atomic mass is 9.67. The zero-order valence-corrected chi connectivity index (χ0v) is 13.2. The highest BCUT2D eigenvalue weighted by molar-refractivity contribution is 4.88. The van der Waals surface area contributed by atoms with Gasteiger partial charge in [0, 0.05) is 12.6 Å². The Balaban J connectivity index is 2.47. The molecule has 108 valence electrons. The molecule has 0 saturated heterocycles. The summed E-state index contributed by atoms with van der Waals surface area (Å²) in [5.41, 5.74) is 6.78. The van der Waals surface area contributed by atoms with E-state index in [1.165, 1.54) is 45.2 Å². The highest BCUT2D eigenvalue weighted by Gasteiger charge is 2.34. The summed E-state index contributed by atoms with van der Waals surface area (Å²) >= 11 is 0. The standard InChI is InChI=1S/C16H34N2/c1-6-7-10-18(5)12-13-11-14(16(2,3)4)8-9-15(13)17/h13-15H,6-12,17H2,1-5H3. The van der Waals surface area contributed by atoms with E-state index in [0.29, 0.717) is 17.4 Å². The lowest BCUT2D eigenvalue weighted by molar-refractivity contribution is 0.105. The third kappa shape index (κ3) is 4.89. The monoisotopic (exact) mass is 254 g/mol. The molecule has 1 saturated carbocycles. The van der Waals surface area contributed by atoms with E-state index in [9.17, 15) is 0 Å². The maximum atomic E-state index is 6.33. The van der Waals surface area contributed by atoms with Crippen molar-refractivity contribution >= 4 is 0 Å². The Kier molecular flexibility index (Phi) is 6.13. The lowest BCUT2D eigenvalue weighted by Gasteiger charge is -2.41. The quantitative estimate of drug-likeness (QED) is 0.813. The number of rotatable bonds is 5. The van der Waals surface area contributed by atoms with Crippen LogP contribution >= 0.6 is 0 Å². The molecule has 0 aromatic rings. The topological polar surface area (TPSA) is 29.3 Å². The Morgan fingerprint density at radius 2 is 1.89 bits per heavy atom. The highest BCUT2D eigenvalue weighted by atomic mass is 15.1. The van der Waals surface area contributed by atoms with Gasteiger partial charge in [-0.25, -0.2) is 0 Å². The van der Waals surface area contributed by atoms with Gasteiger partial charge in [-0.15, -0.1) is 0 Å². The number of unbranched alkanes of at least 4 members (excludes halogenated alkanes) is 1. The van der Waals surface area contributed by atoms with Gasteiger partial charge >= 0.3 is 0 Å². The Morgan fingerprint density at radius 1 is 1.22 bits per heavy atom. The van der Waals surface area contributed by atoms with Crippen molar-refractivity contribution in [3.8, 4) is 0 Å². The fourth-order valence-electron chi connectivity index (χ4n) is 3.20. The minimum Gasteiger partial charge on any atom is -0.327 e. The number of nitrogens with zero attached hydrogens (tertiary/aromatic N) is 1. The second-order valence-corrected chi connectivity index (χ2v) is 7.42. The van der Waals surface area contributed by atoms with Gasteiger partial charge < -0.3 is 10.6 Å². The Labute approximate surface area is 114 Å². The van der Waals surface area contributed by atoms with Gasteiger partial charge in [-0.3, -0.25) is 0 Å². The third-order valence-electron chi connectivity index (χ3n) is 4.71. The van der Waals surface area contributed by atoms with Gasteiger partial charge in [0.05, 0.1) is 0 Å². The fraction of sp³-hybridized carbons (Fsp3) is 1.00. The van der Waals surface area contributed by atoms with Gasteiger partial charge in [0.25, 0.3) is 0 Å². The van der Waals surface area contributed by atoms with E-state index in [-0.39, 0.29) is 0 Å². The van der Waals surface area contributed by atoms with Gasteiger partial charge in [0.15, 0.2) is 0 Å². The molecule has 2 nitrogen and oxygen atoms in total. The van der Waals surface area contributed by atoms with Crippen LogP contribution < -0.4 is 5.73 Å². The van der Waals surface area contributed by atoms with Crippen molar-refractivity contribution in [2.24, 2.45) is 23.0 Å². The van der Waals surface area contributed by atoms with E-state index >= 15 is 0 Å². The highest BCUT2D eigenvalue weighted by Crippen LogP contribution is 2.39. The molecule has 0 aromatic carbocycles. The molecule has 0 spiro atoms. The molecule has 1 rings (SSSR count). The fourth-order valence-corrected chi connectivity index (χ4v) is 3.20.